The van der Waals surface area contributed by atoms with Gasteiger partial charge in [0.1, 0.15) is 17.1 Å². The van der Waals surface area contributed by atoms with E-state index in [-0.39, 0.29) is 17.3 Å². The summed E-state index contributed by atoms with van der Waals surface area (Å²) in [7, 11) is 1.56. The van der Waals surface area contributed by atoms with Gasteiger partial charge in [0, 0.05) is 18.3 Å². The summed E-state index contributed by atoms with van der Waals surface area (Å²) in [6.45, 7) is 2.39. The average molecular weight is 375 g/mol. The number of pyridine rings is 1. The highest BCUT2D eigenvalue weighted by Crippen LogP contribution is 2.17. The Bertz CT molecular complexity index is 1000. The largest absolute Gasteiger partial charge is 0.497 e. The quantitative estimate of drug-likeness (QED) is 0.690. The first kappa shape index (κ1) is 19.1. The third-order valence-corrected chi connectivity index (χ3v) is 4.08. The van der Waals surface area contributed by atoms with Crippen molar-refractivity contribution in [2.75, 3.05) is 12.4 Å². The van der Waals surface area contributed by atoms with Gasteiger partial charge >= 0.3 is 0 Å². The number of benzene rings is 2. The van der Waals surface area contributed by atoms with E-state index in [1.165, 1.54) is 0 Å². The van der Waals surface area contributed by atoms with Gasteiger partial charge in [-0.05, 0) is 36.8 Å². The highest BCUT2D eigenvalue weighted by atomic mass is 16.5. The first-order chi connectivity index (χ1) is 13.5. The van der Waals surface area contributed by atoms with Crippen LogP contribution >= 0.6 is 0 Å². The predicted molar refractivity (Wildman–Crippen MR) is 108 cm³/mol. The lowest BCUT2D eigenvalue weighted by atomic mass is 10.1. The summed E-state index contributed by atoms with van der Waals surface area (Å²) in [4.78, 5) is 29.0. The molecule has 0 unspecified atom stereocenters. The number of carbonyl (C=O) groups excluding carboxylic acids is 2. The van der Waals surface area contributed by atoms with Gasteiger partial charge in [-0.15, -0.1) is 0 Å². The van der Waals surface area contributed by atoms with Crippen molar-refractivity contribution >= 4 is 17.5 Å². The summed E-state index contributed by atoms with van der Waals surface area (Å²) in [5.41, 5.74) is 3.05. The number of nitrogens with zero attached hydrogens (tertiary/aromatic N) is 1. The lowest BCUT2D eigenvalue weighted by Gasteiger charge is -2.08. The minimum absolute atomic E-state index is 0.158. The molecule has 1 heterocycles. The van der Waals surface area contributed by atoms with Gasteiger partial charge in [0.25, 0.3) is 11.8 Å². The van der Waals surface area contributed by atoms with Crippen molar-refractivity contribution in [3.8, 4) is 5.75 Å². The molecule has 6 heteroatoms. The van der Waals surface area contributed by atoms with Crippen molar-refractivity contribution in [3.63, 3.8) is 0 Å². The molecule has 0 bridgehead atoms. The fraction of sp³-hybridized carbons (Fsp3) is 0.136. The zero-order valence-corrected chi connectivity index (χ0v) is 15.7. The van der Waals surface area contributed by atoms with Crippen LogP contribution in [0, 0.1) is 6.92 Å². The Labute approximate surface area is 163 Å². The molecule has 0 saturated heterocycles. The molecule has 28 heavy (non-hydrogen) atoms. The number of methoxy groups -OCH3 is 1. The number of nitrogens with one attached hydrogen (secondary N) is 2. The number of carbonyl (C=O) groups is 2. The first-order valence-electron chi connectivity index (χ1n) is 8.81. The number of hydrogen-bond acceptors (Lipinski definition) is 4. The van der Waals surface area contributed by atoms with Gasteiger partial charge in [-0.1, -0.05) is 42.0 Å². The monoisotopic (exact) mass is 375 g/mol. The molecule has 0 saturated carbocycles. The fourth-order valence-electron chi connectivity index (χ4n) is 2.68. The Morgan fingerprint density at radius 2 is 1.64 bits per heavy atom. The van der Waals surface area contributed by atoms with Crippen LogP contribution in [0.4, 0.5) is 5.69 Å². The van der Waals surface area contributed by atoms with Crippen molar-refractivity contribution in [2.45, 2.75) is 13.5 Å². The molecule has 3 aromatic rings. The zero-order valence-electron chi connectivity index (χ0n) is 15.7. The van der Waals surface area contributed by atoms with E-state index in [2.05, 4.69) is 15.6 Å². The SMILES string of the molecule is COc1cccc(NC(=O)c2cccc(C(=O)NCc3cccc(C)c3)n2)c1. The van der Waals surface area contributed by atoms with E-state index >= 15 is 0 Å². The van der Waals surface area contributed by atoms with Gasteiger partial charge in [-0.2, -0.15) is 0 Å². The molecule has 0 aliphatic rings. The molecule has 1 aromatic heterocycles. The van der Waals surface area contributed by atoms with Crippen molar-refractivity contribution in [2.24, 2.45) is 0 Å². The Kier molecular flexibility index (Phi) is 6.01. The van der Waals surface area contributed by atoms with E-state index in [0.717, 1.165) is 11.1 Å². The van der Waals surface area contributed by atoms with Crippen LogP contribution in [0.25, 0.3) is 0 Å². The van der Waals surface area contributed by atoms with E-state index in [4.69, 9.17) is 4.74 Å². The van der Waals surface area contributed by atoms with Crippen LogP contribution in [0.15, 0.2) is 66.7 Å². The van der Waals surface area contributed by atoms with E-state index in [1.54, 1.807) is 49.6 Å². The number of aryl methyl sites for hydroxylation is 1. The lowest BCUT2D eigenvalue weighted by Crippen LogP contribution is -2.25. The number of aromatic nitrogens is 1. The topological polar surface area (TPSA) is 80.3 Å². The molecule has 3 rings (SSSR count). The summed E-state index contributed by atoms with van der Waals surface area (Å²) in [6, 6.07) is 19.7. The van der Waals surface area contributed by atoms with Gasteiger partial charge in [-0.3, -0.25) is 9.59 Å². The summed E-state index contributed by atoms with van der Waals surface area (Å²) in [6.07, 6.45) is 0. The first-order valence-corrected chi connectivity index (χ1v) is 8.81. The Morgan fingerprint density at radius 3 is 2.39 bits per heavy atom. The van der Waals surface area contributed by atoms with Gasteiger partial charge in [0.15, 0.2) is 0 Å². The van der Waals surface area contributed by atoms with Crippen LogP contribution in [0.2, 0.25) is 0 Å². The number of amides is 2. The third kappa shape index (κ3) is 4.94. The molecule has 6 nitrogen and oxygen atoms in total. The second-order valence-corrected chi connectivity index (χ2v) is 6.27. The Balaban J connectivity index is 1.66. The van der Waals surface area contributed by atoms with Crippen LogP contribution in [0.5, 0.6) is 5.75 Å². The molecule has 142 valence electrons. The number of anilines is 1. The molecular formula is C22H21N3O3. The molecular weight excluding hydrogens is 354 g/mol. The van der Waals surface area contributed by atoms with Gasteiger partial charge in [0.2, 0.25) is 0 Å². The number of ether oxygens (including phenoxy) is 1. The smallest absolute Gasteiger partial charge is 0.274 e. The van der Waals surface area contributed by atoms with Crippen LogP contribution in [0.3, 0.4) is 0 Å². The molecule has 2 aromatic carbocycles. The van der Waals surface area contributed by atoms with E-state index in [0.29, 0.717) is 18.0 Å². The summed E-state index contributed by atoms with van der Waals surface area (Å²) >= 11 is 0. The average Bonchev–Trinajstić information content (AvgIpc) is 2.72. The maximum atomic E-state index is 12.5. The van der Waals surface area contributed by atoms with Crippen molar-refractivity contribution in [3.05, 3.63) is 89.2 Å². The van der Waals surface area contributed by atoms with Crippen molar-refractivity contribution < 1.29 is 14.3 Å². The van der Waals surface area contributed by atoms with Crippen LogP contribution < -0.4 is 15.4 Å². The lowest BCUT2D eigenvalue weighted by molar-refractivity contribution is 0.0945. The highest BCUT2D eigenvalue weighted by molar-refractivity contribution is 6.03. The molecule has 0 aliphatic heterocycles. The highest BCUT2D eigenvalue weighted by Gasteiger charge is 2.13. The number of hydrogen-bond donors (Lipinski definition) is 2. The van der Waals surface area contributed by atoms with E-state index < -0.39 is 5.91 Å². The normalized spacial score (nSPS) is 10.2. The second kappa shape index (κ2) is 8.81. The second-order valence-electron chi connectivity index (χ2n) is 6.27. The molecule has 0 aliphatic carbocycles. The van der Waals surface area contributed by atoms with E-state index in [1.807, 2.05) is 31.2 Å². The van der Waals surface area contributed by atoms with Gasteiger partial charge < -0.3 is 15.4 Å². The van der Waals surface area contributed by atoms with Crippen LogP contribution in [-0.4, -0.2) is 23.9 Å². The maximum absolute atomic E-state index is 12.5. The Hall–Kier alpha value is -3.67. The molecule has 2 N–H and O–H groups in total. The summed E-state index contributed by atoms with van der Waals surface area (Å²) in [5, 5.41) is 5.57. The Morgan fingerprint density at radius 1 is 0.929 bits per heavy atom. The van der Waals surface area contributed by atoms with Gasteiger partial charge in [-0.25, -0.2) is 4.98 Å². The molecule has 0 spiro atoms. The minimum atomic E-state index is -0.401. The van der Waals surface area contributed by atoms with Crippen LogP contribution in [0.1, 0.15) is 32.1 Å². The molecule has 0 atom stereocenters. The minimum Gasteiger partial charge on any atom is -0.497 e. The van der Waals surface area contributed by atoms with E-state index in [9.17, 15) is 9.59 Å². The van der Waals surface area contributed by atoms with Crippen molar-refractivity contribution in [1.82, 2.24) is 10.3 Å². The summed E-state index contributed by atoms with van der Waals surface area (Å²) < 4.78 is 5.14. The molecule has 0 radical (unpaired) electrons. The molecule has 0 fully saturated rings. The zero-order chi connectivity index (χ0) is 19.9. The van der Waals surface area contributed by atoms with Crippen molar-refractivity contribution in [1.29, 1.82) is 0 Å². The van der Waals surface area contributed by atoms with Crippen LogP contribution in [-0.2, 0) is 6.54 Å². The number of rotatable bonds is 6. The maximum Gasteiger partial charge on any atom is 0.274 e. The standard InChI is InChI=1S/C22H21N3O3/c1-15-6-3-7-16(12-15)14-23-21(26)19-10-5-11-20(25-19)22(27)24-17-8-4-9-18(13-17)28-2/h3-13H,14H2,1-2H3,(H,23,26)(H,24,27). The molecule has 2 amide bonds. The summed E-state index contributed by atoms with van der Waals surface area (Å²) in [5.74, 6) is -0.103. The predicted octanol–water partition coefficient (Wildman–Crippen LogP) is 3.58. The van der Waals surface area contributed by atoms with Gasteiger partial charge in [0.05, 0.1) is 7.11 Å². The third-order valence-electron chi connectivity index (χ3n) is 4.08. The fourth-order valence-corrected chi connectivity index (χ4v) is 2.68.